The molecule has 1 amide bonds. The molecule has 1 aliphatic rings. The van der Waals surface area contributed by atoms with E-state index in [1.54, 1.807) is 18.2 Å². The van der Waals surface area contributed by atoms with Crippen molar-refractivity contribution in [1.29, 1.82) is 0 Å². The number of sulfonamides is 1. The molecule has 1 fully saturated rings. The fourth-order valence-corrected chi connectivity index (χ4v) is 5.43. The van der Waals surface area contributed by atoms with Crippen LogP contribution in [0.2, 0.25) is 4.71 Å². The van der Waals surface area contributed by atoms with Crippen molar-refractivity contribution in [2.45, 2.75) is 22.4 Å². The number of hydrogen-bond acceptors (Lipinski definition) is 5. The fourth-order valence-electron chi connectivity index (χ4n) is 2.29. The summed E-state index contributed by atoms with van der Waals surface area (Å²) in [5, 5.41) is 0. The van der Waals surface area contributed by atoms with Gasteiger partial charge < -0.3 is 0 Å². The Labute approximate surface area is 158 Å². The number of methoxy groups -OCH3 is 1. The van der Waals surface area contributed by atoms with Gasteiger partial charge in [0.05, 0.1) is 0 Å². The number of nitrogens with one attached hydrogen (secondary N) is 1. The molecule has 2 aromatic rings. The van der Waals surface area contributed by atoms with Crippen molar-refractivity contribution < 1.29 is 22.7 Å². The zero-order valence-corrected chi connectivity index (χ0v) is 16.7. The van der Waals surface area contributed by atoms with Crippen LogP contribution in [-0.4, -0.2) is 41.8 Å². The number of para-hydroxylation sites is 1. The van der Waals surface area contributed by atoms with E-state index < -0.39 is 15.9 Å². The van der Waals surface area contributed by atoms with Gasteiger partial charge in [0.15, 0.2) is 0 Å². The summed E-state index contributed by atoms with van der Waals surface area (Å²) < 4.78 is 32.6. The maximum absolute atomic E-state index is 12.4. The quantitative estimate of drug-likeness (QED) is 0.676. The van der Waals surface area contributed by atoms with Crippen molar-refractivity contribution in [3.8, 4) is 5.75 Å². The standard InChI is InChI=1S/C18H17AsNO5S/c1-25-16-5-3-2-4-15(16)18(22)20-26(23,24)14-10-6-12(7-11-14)17(21)19-13-8-9-13/h2-7,10-11,13H,8-9H2,1H3,(H,20,22). The van der Waals surface area contributed by atoms with E-state index in [4.69, 9.17) is 4.74 Å². The first kappa shape index (κ1) is 18.7. The van der Waals surface area contributed by atoms with E-state index >= 15 is 0 Å². The van der Waals surface area contributed by atoms with E-state index in [9.17, 15) is 18.0 Å². The van der Waals surface area contributed by atoms with Crippen LogP contribution in [0, 0.1) is 0 Å². The van der Waals surface area contributed by atoms with Crippen LogP contribution in [-0.2, 0) is 10.0 Å². The van der Waals surface area contributed by atoms with E-state index in [0.717, 1.165) is 12.8 Å². The summed E-state index contributed by atoms with van der Waals surface area (Å²) in [4.78, 5) is 24.3. The van der Waals surface area contributed by atoms with Gasteiger partial charge in [0.2, 0.25) is 0 Å². The predicted octanol–water partition coefficient (Wildman–Crippen LogP) is 2.24. The molecule has 0 saturated heterocycles. The van der Waals surface area contributed by atoms with Crippen LogP contribution in [0.1, 0.15) is 33.6 Å². The summed E-state index contributed by atoms with van der Waals surface area (Å²) in [6.07, 6.45) is 2.24. The van der Waals surface area contributed by atoms with Crippen LogP contribution < -0.4 is 9.46 Å². The third-order valence-electron chi connectivity index (χ3n) is 3.84. The topological polar surface area (TPSA) is 89.5 Å². The van der Waals surface area contributed by atoms with Gasteiger partial charge in [-0.2, -0.15) is 0 Å². The fraction of sp³-hybridized carbons (Fsp3) is 0.222. The van der Waals surface area contributed by atoms with Gasteiger partial charge in [0, 0.05) is 0 Å². The molecule has 1 saturated carbocycles. The van der Waals surface area contributed by atoms with E-state index in [2.05, 4.69) is 0 Å². The normalized spacial score (nSPS) is 14.3. The molecule has 0 unspecified atom stereocenters. The molecule has 3 rings (SSSR count). The number of amides is 1. The Morgan fingerprint density at radius 1 is 1.08 bits per heavy atom. The SMILES string of the molecule is COc1ccccc1C(=O)NS(=O)(=O)c1ccc(C(=O)[As]C2CC2)cc1. The minimum atomic E-state index is -4.04. The third-order valence-corrected chi connectivity index (χ3v) is 8.07. The van der Waals surface area contributed by atoms with Gasteiger partial charge in [-0.3, -0.25) is 0 Å². The zero-order valence-electron chi connectivity index (χ0n) is 14.0. The van der Waals surface area contributed by atoms with E-state index in [1.165, 1.54) is 37.4 Å². The molecule has 1 aliphatic carbocycles. The molecule has 2 aromatic carbocycles. The van der Waals surface area contributed by atoms with Crippen LogP contribution in [0.3, 0.4) is 0 Å². The number of ether oxygens (including phenoxy) is 1. The average molecular weight is 434 g/mol. The Morgan fingerprint density at radius 3 is 2.35 bits per heavy atom. The van der Waals surface area contributed by atoms with Crippen LogP contribution in [0.5, 0.6) is 5.75 Å². The van der Waals surface area contributed by atoms with Gasteiger partial charge in [-0.25, -0.2) is 0 Å². The van der Waals surface area contributed by atoms with Crippen molar-refractivity contribution in [3.63, 3.8) is 0 Å². The number of benzene rings is 2. The average Bonchev–Trinajstić information content (AvgIpc) is 3.45. The summed E-state index contributed by atoms with van der Waals surface area (Å²) >= 11 is -0.376. The first-order valence-corrected chi connectivity index (χ1v) is 11.5. The Morgan fingerprint density at radius 2 is 1.73 bits per heavy atom. The summed E-state index contributed by atoms with van der Waals surface area (Å²) in [6.45, 7) is 0. The van der Waals surface area contributed by atoms with Gasteiger partial charge in [-0.05, 0) is 0 Å². The van der Waals surface area contributed by atoms with Crippen molar-refractivity contribution in [3.05, 3.63) is 59.7 Å². The van der Waals surface area contributed by atoms with Crippen molar-refractivity contribution >= 4 is 36.3 Å². The molecule has 8 heteroatoms. The van der Waals surface area contributed by atoms with Crippen LogP contribution in [0.25, 0.3) is 0 Å². The number of rotatable bonds is 7. The summed E-state index contributed by atoms with van der Waals surface area (Å²) in [5.74, 6) is -0.495. The number of hydrogen-bond donors (Lipinski definition) is 1. The molecule has 0 atom stereocenters. The second kappa shape index (κ2) is 7.64. The Bertz CT molecular complexity index is 936. The van der Waals surface area contributed by atoms with Crippen LogP contribution in [0.4, 0.5) is 0 Å². The molecule has 0 aliphatic heterocycles. The third kappa shape index (κ3) is 4.34. The molecule has 6 nitrogen and oxygen atoms in total. The molecule has 1 radical (unpaired) electrons. The zero-order chi connectivity index (χ0) is 18.7. The monoisotopic (exact) mass is 434 g/mol. The molecule has 0 heterocycles. The van der Waals surface area contributed by atoms with Gasteiger partial charge in [-0.15, -0.1) is 0 Å². The van der Waals surface area contributed by atoms with Crippen molar-refractivity contribution in [2.24, 2.45) is 0 Å². The number of carbonyl (C=O) groups excluding carboxylic acids is 2. The Hall–Kier alpha value is -2.11. The van der Waals surface area contributed by atoms with Crippen LogP contribution >= 0.6 is 0 Å². The minimum absolute atomic E-state index is 0.0695. The molecular formula is C18H17AsNO5S. The second-order valence-electron chi connectivity index (χ2n) is 5.82. The summed E-state index contributed by atoms with van der Waals surface area (Å²) in [6, 6.07) is 12.1. The predicted molar refractivity (Wildman–Crippen MR) is 97.2 cm³/mol. The van der Waals surface area contributed by atoms with Gasteiger partial charge in [0.1, 0.15) is 0 Å². The molecule has 135 valence electrons. The van der Waals surface area contributed by atoms with E-state index in [1.807, 2.05) is 4.72 Å². The molecule has 26 heavy (non-hydrogen) atoms. The van der Waals surface area contributed by atoms with Gasteiger partial charge in [-0.1, -0.05) is 0 Å². The Balaban J connectivity index is 1.75. The molecule has 0 spiro atoms. The molecule has 0 bridgehead atoms. The van der Waals surface area contributed by atoms with Gasteiger partial charge >= 0.3 is 159 Å². The first-order chi connectivity index (χ1) is 12.4. The molecular weight excluding hydrogens is 417 g/mol. The van der Waals surface area contributed by atoms with Crippen LogP contribution in [0.15, 0.2) is 53.4 Å². The van der Waals surface area contributed by atoms with Crippen molar-refractivity contribution in [2.75, 3.05) is 7.11 Å². The molecule has 1 N–H and O–H groups in total. The Kier molecular flexibility index (Phi) is 5.49. The van der Waals surface area contributed by atoms with Crippen molar-refractivity contribution in [1.82, 2.24) is 4.72 Å². The maximum atomic E-state index is 12.4. The summed E-state index contributed by atoms with van der Waals surface area (Å²) in [7, 11) is -2.64. The second-order valence-corrected chi connectivity index (χ2v) is 10.4. The molecule has 0 aromatic heterocycles. The summed E-state index contributed by atoms with van der Waals surface area (Å²) in [5.41, 5.74) is 0.644. The van der Waals surface area contributed by atoms with E-state index in [-0.39, 0.29) is 36.5 Å². The van der Waals surface area contributed by atoms with E-state index in [0.29, 0.717) is 10.3 Å². The number of carbonyl (C=O) groups is 2. The van der Waals surface area contributed by atoms with Gasteiger partial charge in [0.25, 0.3) is 0 Å². The first-order valence-electron chi connectivity index (χ1n) is 7.96.